The van der Waals surface area contributed by atoms with Gasteiger partial charge in [-0.15, -0.1) is 11.3 Å². The van der Waals surface area contributed by atoms with Crippen molar-refractivity contribution in [3.05, 3.63) is 54.9 Å². The summed E-state index contributed by atoms with van der Waals surface area (Å²) in [6.07, 6.45) is 0.738. The van der Waals surface area contributed by atoms with Crippen LogP contribution >= 0.6 is 38.9 Å². The normalized spacial score (nSPS) is 12.7. The second-order valence-corrected chi connectivity index (χ2v) is 7.20. The highest BCUT2D eigenvalue weighted by molar-refractivity contribution is 9.11. The van der Waals surface area contributed by atoms with E-state index in [1.54, 1.807) is 17.4 Å². The molecule has 2 rings (SSSR count). The molecule has 1 aromatic heterocycles. The van der Waals surface area contributed by atoms with Gasteiger partial charge in [-0.05, 0) is 65.6 Å². The molecule has 5 heteroatoms. The van der Waals surface area contributed by atoms with Crippen LogP contribution in [0.5, 0.6) is 0 Å². The summed E-state index contributed by atoms with van der Waals surface area (Å²) in [5.74, 6) is -0.301. The number of hydrogen-bond donors (Lipinski definition) is 1. The summed E-state index contributed by atoms with van der Waals surface area (Å²) < 4.78 is 14.2. The highest BCUT2D eigenvalue weighted by Gasteiger charge is 2.15. The van der Waals surface area contributed by atoms with E-state index < -0.39 is 0 Å². The molecule has 1 nitrogen and oxygen atoms in total. The molecule has 1 N–H and O–H groups in total. The van der Waals surface area contributed by atoms with Crippen LogP contribution in [0.3, 0.4) is 0 Å². The monoisotopic (exact) mass is 361 g/mol. The molecule has 0 aliphatic heterocycles. The first-order valence-electron chi connectivity index (χ1n) is 5.88. The third kappa shape index (κ3) is 3.57. The summed E-state index contributed by atoms with van der Waals surface area (Å²) in [4.78, 5) is 1.24. The van der Waals surface area contributed by atoms with Gasteiger partial charge in [0.1, 0.15) is 5.82 Å². The Kier molecular flexibility index (Phi) is 5.01. The molecular weight excluding hydrogens is 349 g/mol. The maximum absolute atomic E-state index is 13.0. The van der Waals surface area contributed by atoms with Crippen molar-refractivity contribution in [1.29, 1.82) is 0 Å². The van der Waals surface area contributed by atoms with Gasteiger partial charge in [0.05, 0.1) is 3.79 Å². The molecule has 0 aliphatic carbocycles. The van der Waals surface area contributed by atoms with E-state index in [4.69, 9.17) is 11.6 Å². The molecule has 2 aromatic rings. The first kappa shape index (κ1) is 15.0. The van der Waals surface area contributed by atoms with Crippen molar-refractivity contribution >= 4 is 38.9 Å². The molecule has 1 atom stereocenters. The van der Waals surface area contributed by atoms with Crippen LogP contribution in [0, 0.1) is 12.7 Å². The summed E-state index contributed by atoms with van der Waals surface area (Å²) in [6.45, 7) is 2.07. The highest BCUT2D eigenvalue weighted by Crippen LogP contribution is 2.33. The molecule has 0 bridgehead atoms. The Labute approximate surface area is 129 Å². The number of halogens is 3. The number of nitrogens with one attached hydrogen (secondary N) is 1. The Balaban J connectivity index is 2.23. The largest absolute Gasteiger partial charge is 0.312 e. The van der Waals surface area contributed by atoms with Crippen LogP contribution in [0.15, 0.2) is 28.1 Å². The lowest BCUT2D eigenvalue weighted by molar-refractivity contribution is 0.598. The van der Waals surface area contributed by atoms with Crippen LogP contribution in [-0.4, -0.2) is 7.05 Å². The van der Waals surface area contributed by atoms with Gasteiger partial charge in [0.25, 0.3) is 0 Å². The van der Waals surface area contributed by atoms with E-state index in [0.717, 1.165) is 15.8 Å². The Morgan fingerprint density at radius 1 is 1.42 bits per heavy atom. The number of aryl methyl sites for hydroxylation is 1. The van der Waals surface area contributed by atoms with Crippen molar-refractivity contribution in [2.45, 2.75) is 19.4 Å². The lowest BCUT2D eigenvalue weighted by Gasteiger charge is -2.15. The average molecular weight is 363 g/mol. The fraction of sp³-hybridized carbons (Fsp3) is 0.286. The van der Waals surface area contributed by atoms with E-state index in [-0.39, 0.29) is 11.9 Å². The van der Waals surface area contributed by atoms with Gasteiger partial charge in [0.2, 0.25) is 0 Å². The molecule has 0 aliphatic rings. The van der Waals surface area contributed by atoms with Gasteiger partial charge in [-0.3, -0.25) is 0 Å². The Hall–Kier alpha value is -0.420. The molecule has 0 amide bonds. The Bertz CT molecular complexity index is 565. The van der Waals surface area contributed by atoms with Gasteiger partial charge in [0.15, 0.2) is 0 Å². The fourth-order valence-electron chi connectivity index (χ4n) is 1.91. The van der Waals surface area contributed by atoms with Gasteiger partial charge in [0, 0.05) is 15.9 Å². The molecule has 1 aromatic carbocycles. The number of benzene rings is 1. The lowest BCUT2D eigenvalue weighted by atomic mass is 10.0. The molecule has 0 saturated carbocycles. The van der Waals surface area contributed by atoms with Crippen molar-refractivity contribution in [3.8, 4) is 0 Å². The van der Waals surface area contributed by atoms with Crippen molar-refractivity contribution in [2.24, 2.45) is 0 Å². The summed E-state index contributed by atoms with van der Waals surface area (Å²) in [5.41, 5.74) is 2.18. The van der Waals surface area contributed by atoms with Crippen molar-refractivity contribution in [1.82, 2.24) is 5.32 Å². The summed E-state index contributed by atoms with van der Waals surface area (Å²) >= 11 is 11.3. The minimum Gasteiger partial charge on any atom is -0.312 e. The van der Waals surface area contributed by atoms with E-state index in [0.29, 0.717) is 5.02 Å². The first-order valence-corrected chi connectivity index (χ1v) is 7.87. The quantitative estimate of drug-likeness (QED) is 0.796. The molecule has 0 fully saturated rings. The number of likely N-dealkylation sites (N-methyl/N-ethyl adjacent to an activating group) is 1. The number of hydrogen-bond acceptors (Lipinski definition) is 2. The third-order valence-corrected chi connectivity index (χ3v) is 5.61. The Morgan fingerprint density at radius 3 is 2.68 bits per heavy atom. The summed E-state index contributed by atoms with van der Waals surface area (Å²) in [7, 11) is 1.92. The zero-order valence-electron chi connectivity index (χ0n) is 10.6. The van der Waals surface area contributed by atoms with Gasteiger partial charge in [-0.1, -0.05) is 17.7 Å². The van der Waals surface area contributed by atoms with E-state index in [9.17, 15) is 4.39 Å². The predicted octanol–water partition coefficient (Wildman–Crippen LogP) is 5.11. The zero-order chi connectivity index (χ0) is 14.0. The summed E-state index contributed by atoms with van der Waals surface area (Å²) in [5, 5.41) is 3.77. The number of rotatable bonds is 4. The topological polar surface area (TPSA) is 12.0 Å². The van der Waals surface area contributed by atoms with Crippen LogP contribution in [-0.2, 0) is 6.42 Å². The standard InChI is InChI=1S/C14H14BrClFNS/c1-8-5-13(19-14(8)15)12(18-2)6-9-3-4-10(17)7-11(9)16/h3-5,7,12,18H,6H2,1-2H3. The van der Waals surface area contributed by atoms with Crippen molar-refractivity contribution < 1.29 is 4.39 Å². The van der Waals surface area contributed by atoms with Gasteiger partial charge < -0.3 is 5.32 Å². The molecule has 19 heavy (non-hydrogen) atoms. The second kappa shape index (κ2) is 6.35. The van der Waals surface area contributed by atoms with Crippen LogP contribution in [0.2, 0.25) is 5.02 Å². The molecule has 0 radical (unpaired) electrons. The fourth-order valence-corrected chi connectivity index (χ4v) is 3.83. The van der Waals surface area contributed by atoms with Gasteiger partial charge in [-0.2, -0.15) is 0 Å². The molecular formula is C14H14BrClFNS. The third-order valence-electron chi connectivity index (χ3n) is 3.01. The zero-order valence-corrected chi connectivity index (χ0v) is 13.8. The van der Waals surface area contributed by atoms with Gasteiger partial charge >= 0.3 is 0 Å². The van der Waals surface area contributed by atoms with Crippen LogP contribution in [0.25, 0.3) is 0 Å². The van der Waals surface area contributed by atoms with Crippen molar-refractivity contribution in [2.75, 3.05) is 7.05 Å². The molecule has 102 valence electrons. The van der Waals surface area contributed by atoms with Crippen molar-refractivity contribution in [3.63, 3.8) is 0 Å². The van der Waals surface area contributed by atoms with Crippen LogP contribution < -0.4 is 5.32 Å². The maximum atomic E-state index is 13.0. The minimum atomic E-state index is -0.301. The van der Waals surface area contributed by atoms with E-state index in [1.807, 2.05) is 7.05 Å². The van der Waals surface area contributed by atoms with E-state index in [1.165, 1.54) is 22.6 Å². The smallest absolute Gasteiger partial charge is 0.124 e. The van der Waals surface area contributed by atoms with E-state index in [2.05, 4.69) is 34.2 Å². The van der Waals surface area contributed by atoms with E-state index >= 15 is 0 Å². The maximum Gasteiger partial charge on any atom is 0.124 e. The van der Waals surface area contributed by atoms with Gasteiger partial charge in [-0.25, -0.2) is 4.39 Å². The van der Waals surface area contributed by atoms with Crippen LogP contribution in [0.4, 0.5) is 4.39 Å². The number of thiophene rings is 1. The SMILES string of the molecule is CNC(Cc1ccc(F)cc1Cl)c1cc(C)c(Br)s1. The highest BCUT2D eigenvalue weighted by atomic mass is 79.9. The molecule has 1 heterocycles. The molecule has 0 spiro atoms. The Morgan fingerprint density at radius 2 is 2.16 bits per heavy atom. The predicted molar refractivity (Wildman–Crippen MR) is 83.7 cm³/mol. The molecule has 1 unspecified atom stereocenters. The average Bonchev–Trinajstić information content (AvgIpc) is 2.68. The minimum absolute atomic E-state index is 0.179. The lowest BCUT2D eigenvalue weighted by Crippen LogP contribution is -2.17. The molecule has 0 saturated heterocycles. The first-order chi connectivity index (χ1) is 9.01. The van der Waals surface area contributed by atoms with Crippen LogP contribution in [0.1, 0.15) is 22.0 Å². The second-order valence-electron chi connectivity index (χ2n) is 4.39. The summed E-state index contributed by atoms with van der Waals surface area (Å²) in [6, 6.07) is 6.89.